The average Bonchev–Trinajstić information content (AvgIpc) is 3.27. The number of nitriles is 1. The molecule has 7 nitrogen and oxygen atoms in total. The van der Waals surface area contributed by atoms with Crippen molar-refractivity contribution >= 4 is 23.3 Å². The van der Waals surface area contributed by atoms with Gasteiger partial charge in [-0.25, -0.2) is 4.79 Å². The molecule has 29 heavy (non-hydrogen) atoms. The molecule has 0 aliphatic carbocycles. The number of thiophene rings is 1. The number of hydrogen-bond donors (Lipinski definition) is 2. The van der Waals surface area contributed by atoms with E-state index >= 15 is 0 Å². The SMILES string of the molecule is N#C[C@H](Cc1cccs1)NC(=O)[C@H](Cc1ccccc1)NC(=O)N1CCOCC1. The number of hydrogen-bond acceptors (Lipinski definition) is 5. The summed E-state index contributed by atoms with van der Waals surface area (Å²) in [6.45, 7) is 1.95. The van der Waals surface area contributed by atoms with Crippen LogP contribution in [0.5, 0.6) is 0 Å². The summed E-state index contributed by atoms with van der Waals surface area (Å²) in [7, 11) is 0. The second-order valence-corrected chi connectivity index (χ2v) is 7.80. The van der Waals surface area contributed by atoms with Crippen molar-refractivity contribution in [3.63, 3.8) is 0 Å². The number of morpholine rings is 1. The van der Waals surface area contributed by atoms with E-state index in [-0.39, 0.29) is 11.9 Å². The van der Waals surface area contributed by atoms with E-state index in [0.717, 1.165) is 10.4 Å². The van der Waals surface area contributed by atoms with Gasteiger partial charge in [0, 0.05) is 30.8 Å². The Labute approximate surface area is 174 Å². The first kappa shape index (κ1) is 20.8. The molecule has 0 radical (unpaired) electrons. The van der Waals surface area contributed by atoms with E-state index in [1.54, 1.807) is 16.2 Å². The fraction of sp³-hybridized carbons (Fsp3) is 0.381. The third kappa shape index (κ3) is 6.31. The quantitative estimate of drug-likeness (QED) is 0.727. The van der Waals surface area contributed by atoms with Crippen molar-refractivity contribution in [2.45, 2.75) is 24.9 Å². The molecule has 1 aromatic heterocycles. The van der Waals surface area contributed by atoms with Gasteiger partial charge in [-0.3, -0.25) is 4.79 Å². The van der Waals surface area contributed by atoms with Crippen LogP contribution in [0.2, 0.25) is 0 Å². The minimum Gasteiger partial charge on any atom is -0.378 e. The van der Waals surface area contributed by atoms with E-state index in [0.29, 0.717) is 39.1 Å². The minimum atomic E-state index is -0.771. The van der Waals surface area contributed by atoms with Gasteiger partial charge in [-0.2, -0.15) is 5.26 Å². The molecule has 2 aromatic rings. The average molecular weight is 413 g/mol. The second-order valence-electron chi connectivity index (χ2n) is 6.76. The molecule has 2 heterocycles. The van der Waals surface area contributed by atoms with Crippen molar-refractivity contribution in [1.29, 1.82) is 5.26 Å². The lowest BCUT2D eigenvalue weighted by Gasteiger charge is -2.29. The lowest BCUT2D eigenvalue weighted by atomic mass is 10.0. The van der Waals surface area contributed by atoms with Crippen molar-refractivity contribution < 1.29 is 14.3 Å². The van der Waals surface area contributed by atoms with Crippen molar-refractivity contribution in [2.75, 3.05) is 26.3 Å². The summed E-state index contributed by atoms with van der Waals surface area (Å²) in [5.74, 6) is -0.362. The molecule has 0 spiro atoms. The summed E-state index contributed by atoms with van der Waals surface area (Å²) >= 11 is 1.54. The highest BCUT2D eigenvalue weighted by atomic mass is 32.1. The van der Waals surface area contributed by atoms with Gasteiger partial charge in [0.1, 0.15) is 12.1 Å². The maximum Gasteiger partial charge on any atom is 0.318 e. The summed E-state index contributed by atoms with van der Waals surface area (Å²) in [6, 6.07) is 13.8. The van der Waals surface area contributed by atoms with Gasteiger partial charge in [0.15, 0.2) is 0 Å². The molecule has 0 saturated carbocycles. The van der Waals surface area contributed by atoms with Crippen LogP contribution in [0.1, 0.15) is 10.4 Å². The van der Waals surface area contributed by atoms with Crippen molar-refractivity contribution in [2.24, 2.45) is 0 Å². The van der Waals surface area contributed by atoms with Gasteiger partial charge in [0.05, 0.1) is 19.3 Å². The highest BCUT2D eigenvalue weighted by molar-refractivity contribution is 7.09. The zero-order chi connectivity index (χ0) is 20.5. The number of rotatable bonds is 7. The standard InChI is InChI=1S/C21H24N4O3S/c22-15-17(14-18-7-4-12-29-18)23-20(26)19(13-16-5-2-1-3-6-16)24-21(27)25-8-10-28-11-9-25/h1-7,12,17,19H,8-11,13-14H2,(H,23,26)(H,24,27)/t17-,19-/m0/s1. The molecule has 152 valence electrons. The summed E-state index contributed by atoms with van der Waals surface area (Å²) in [4.78, 5) is 28.2. The van der Waals surface area contributed by atoms with Crippen molar-refractivity contribution in [3.8, 4) is 6.07 Å². The topological polar surface area (TPSA) is 94.5 Å². The van der Waals surface area contributed by atoms with Gasteiger partial charge in [-0.05, 0) is 17.0 Å². The van der Waals surface area contributed by atoms with Gasteiger partial charge in [-0.15, -0.1) is 11.3 Å². The summed E-state index contributed by atoms with van der Waals surface area (Å²) < 4.78 is 5.28. The van der Waals surface area contributed by atoms with Gasteiger partial charge in [0.2, 0.25) is 5.91 Å². The molecule has 0 unspecified atom stereocenters. The Balaban J connectivity index is 1.67. The Kier molecular flexibility index (Phi) is 7.61. The molecule has 1 aromatic carbocycles. The number of carbonyl (C=O) groups excluding carboxylic acids is 2. The molecule has 8 heteroatoms. The molecule has 3 rings (SSSR count). The van der Waals surface area contributed by atoms with Gasteiger partial charge in [0.25, 0.3) is 0 Å². The van der Waals surface area contributed by atoms with Crippen molar-refractivity contribution in [1.82, 2.24) is 15.5 Å². The molecule has 2 N–H and O–H groups in total. The number of amides is 3. The minimum absolute atomic E-state index is 0.295. The second kappa shape index (κ2) is 10.6. The summed E-state index contributed by atoms with van der Waals surface area (Å²) in [6.07, 6.45) is 0.787. The number of urea groups is 1. The summed E-state index contributed by atoms with van der Waals surface area (Å²) in [5.41, 5.74) is 0.932. The smallest absolute Gasteiger partial charge is 0.318 e. The third-order valence-corrected chi connectivity index (χ3v) is 5.55. The van der Waals surface area contributed by atoms with E-state index in [1.165, 1.54) is 0 Å². The van der Waals surface area contributed by atoms with Crippen LogP contribution in [0.15, 0.2) is 47.8 Å². The zero-order valence-electron chi connectivity index (χ0n) is 16.0. The number of ether oxygens (including phenoxy) is 1. The largest absolute Gasteiger partial charge is 0.378 e. The van der Waals surface area contributed by atoms with E-state index < -0.39 is 12.1 Å². The molecular formula is C21H24N4O3S. The maximum absolute atomic E-state index is 12.9. The third-order valence-electron chi connectivity index (χ3n) is 4.65. The Morgan fingerprint density at radius 3 is 2.52 bits per heavy atom. The molecule has 1 fully saturated rings. The van der Waals surface area contributed by atoms with Crippen LogP contribution in [0.25, 0.3) is 0 Å². The maximum atomic E-state index is 12.9. The highest BCUT2D eigenvalue weighted by Gasteiger charge is 2.26. The van der Waals surface area contributed by atoms with Crippen LogP contribution in [0.4, 0.5) is 4.79 Å². The number of benzene rings is 1. The lowest BCUT2D eigenvalue weighted by molar-refractivity contribution is -0.123. The first-order chi connectivity index (χ1) is 14.2. The van der Waals surface area contributed by atoms with Crippen LogP contribution < -0.4 is 10.6 Å². The molecule has 1 saturated heterocycles. The van der Waals surface area contributed by atoms with Gasteiger partial charge >= 0.3 is 6.03 Å². The van der Waals surface area contributed by atoms with Crippen LogP contribution in [0, 0.1) is 11.3 Å². The zero-order valence-corrected chi connectivity index (χ0v) is 16.9. The van der Waals surface area contributed by atoms with E-state index in [1.807, 2.05) is 47.8 Å². The number of nitrogens with zero attached hydrogens (tertiary/aromatic N) is 2. The van der Waals surface area contributed by atoms with Crippen LogP contribution >= 0.6 is 11.3 Å². The molecular weight excluding hydrogens is 388 g/mol. The molecule has 3 amide bonds. The molecule has 0 bridgehead atoms. The van der Waals surface area contributed by atoms with Crippen LogP contribution in [-0.2, 0) is 22.4 Å². The fourth-order valence-electron chi connectivity index (χ4n) is 3.10. The predicted octanol–water partition coefficient (Wildman–Crippen LogP) is 1.95. The molecule has 1 aliphatic rings. The van der Waals surface area contributed by atoms with E-state index in [4.69, 9.17) is 4.74 Å². The first-order valence-electron chi connectivity index (χ1n) is 9.55. The lowest BCUT2D eigenvalue weighted by Crippen LogP contribution is -2.55. The first-order valence-corrected chi connectivity index (χ1v) is 10.4. The van der Waals surface area contributed by atoms with Crippen LogP contribution in [-0.4, -0.2) is 55.2 Å². The predicted molar refractivity (Wildman–Crippen MR) is 110 cm³/mol. The Morgan fingerprint density at radius 2 is 1.86 bits per heavy atom. The van der Waals surface area contributed by atoms with Gasteiger partial charge in [-0.1, -0.05) is 36.4 Å². The normalized spacial score (nSPS) is 15.8. The molecule has 2 atom stereocenters. The number of nitrogens with one attached hydrogen (secondary N) is 2. The fourth-order valence-corrected chi connectivity index (χ4v) is 3.85. The summed E-state index contributed by atoms with van der Waals surface area (Å²) in [5, 5.41) is 17.0. The number of carbonyl (C=O) groups is 2. The van der Waals surface area contributed by atoms with Crippen molar-refractivity contribution in [3.05, 3.63) is 58.3 Å². The van der Waals surface area contributed by atoms with Crippen LogP contribution in [0.3, 0.4) is 0 Å². The van der Waals surface area contributed by atoms with E-state index in [2.05, 4.69) is 16.7 Å². The Bertz CT molecular complexity index is 829. The monoisotopic (exact) mass is 412 g/mol. The highest BCUT2D eigenvalue weighted by Crippen LogP contribution is 2.12. The Hall–Kier alpha value is -2.89. The molecule has 1 aliphatic heterocycles. The van der Waals surface area contributed by atoms with E-state index in [9.17, 15) is 14.9 Å². The Morgan fingerprint density at radius 1 is 1.10 bits per heavy atom. The van der Waals surface area contributed by atoms with Gasteiger partial charge < -0.3 is 20.3 Å².